The van der Waals surface area contributed by atoms with Gasteiger partial charge in [-0.05, 0) is 32.2 Å². The van der Waals surface area contributed by atoms with Crippen LogP contribution in [0.1, 0.15) is 38.5 Å². The normalized spacial score (nSPS) is 14.0. The predicted molar refractivity (Wildman–Crippen MR) is 125 cm³/mol. The lowest BCUT2D eigenvalue weighted by Gasteiger charge is -2.24. The van der Waals surface area contributed by atoms with E-state index in [1.165, 1.54) is 0 Å². The van der Waals surface area contributed by atoms with Crippen molar-refractivity contribution in [3.05, 3.63) is 0 Å². The molecule has 0 aliphatic carbocycles. The van der Waals surface area contributed by atoms with E-state index < -0.39 is 66.8 Å². The molecule has 200 valence electrons. The number of hydrogen-bond acceptors (Lipinski definition) is 9. The van der Waals surface area contributed by atoms with Crippen LogP contribution in [0, 0.1) is 0 Å². The number of amides is 4. The lowest BCUT2D eigenvalue weighted by atomic mass is 10.1. The Morgan fingerprint density at radius 3 is 1.89 bits per heavy atom. The number of unbranched alkanes of at least 4 members (excludes halogenated alkanes) is 1. The number of guanidine groups is 1. The van der Waals surface area contributed by atoms with Crippen LogP contribution < -0.4 is 44.6 Å². The number of nitrogens with zero attached hydrogens (tertiary/aromatic N) is 1. The van der Waals surface area contributed by atoms with Gasteiger partial charge in [-0.1, -0.05) is 6.42 Å². The van der Waals surface area contributed by atoms with E-state index in [0.717, 1.165) is 0 Å². The van der Waals surface area contributed by atoms with Gasteiger partial charge in [-0.2, -0.15) is 0 Å². The monoisotopic (exact) mass is 503 g/mol. The molecular formula is C19H37N9O7. The molecule has 0 saturated carbocycles. The molecule has 0 aliphatic heterocycles. The number of carbonyl (C=O) groups excluding carboxylic acids is 4. The molecular weight excluding hydrogens is 466 g/mol. The van der Waals surface area contributed by atoms with Gasteiger partial charge in [0.2, 0.25) is 23.6 Å². The lowest BCUT2D eigenvalue weighted by molar-refractivity contribution is -0.143. The molecule has 16 heteroatoms. The van der Waals surface area contributed by atoms with Gasteiger partial charge in [0, 0.05) is 6.54 Å². The Hall–Kier alpha value is -3.50. The van der Waals surface area contributed by atoms with Gasteiger partial charge in [0.05, 0.1) is 19.1 Å². The Kier molecular flexibility index (Phi) is 15.3. The number of aliphatic hydroxyl groups is 1. The maximum atomic E-state index is 12.9. The molecule has 0 aromatic rings. The molecule has 16 nitrogen and oxygen atoms in total. The number of aliphatic imine (C=N–C) groups is 1. The van der Waals surface area contributed by atoms with Crippen molar-refractivity contribution < 1.29 is 34.2 Å². The Morgan fingerprint density at radius 2 is 1.37 bits per heavy atom. The lowest BCUT2D eigenvalue weighted by Crippen LogP contribution is -2.58. The SMILES string of the molecule is NCCCCC(N)C(=O)NC(CCCN=C(N)N)C(=O)NC(CC(N)=O)C(=O)NC(CO)C(=O)O. The number of rotatable bonds is 18. The molecule has 4 atom stereocenters. The van der Waals surface area contributed by atoms with Gasteiger partial charge in [-0.15, -0.1) is 0 Å². The number of carboxylic acids is 1. The van der Waals surface area contributed by atoms with Crippen molar-refractivity contribution in [2.45, 2.75) is 62.7 Å². The van der Waals surface area contributed by atoms with Gasteiger partial charge in [0.15, 0.2) is 5.96 Å². The minimum atomic E-state index is -1.67. The minimum absolute atomic E-state index is 0.0448. The first-order chi connectivity index (χ1) is 16.4. The summed E-state index contributed by atoms with van der Waals surface area (Å²) in [5.74, 6) is -5.19. The first-order valence-electron chi connectivity index (χ1n) is 11.0. The Balaban J connectivity index is 5.49. The third-order valence-electron chi connectivity index (χ3n) is 4.72. The van der Waals surface area contributed by atoms with Crippen LogP contribution in [0.3, 0.4) is 0 Å². The van der Waals surface area contributed by atoms with E-state index in [0.29, 0.717) is 25.8 Å². The van der Waals surface area contributed by atoms with Crippen LogP contribution in [-0.2, 0) is 24.0 Å². The summed E-state index contributed by atoms with van der Waals surface area (Å²) in [6, 6.07) is -5.34. The molecule has 0 fully saturated rings. The van der Waals surface area contributed by atoms with E-state index >= 15 is 0 Å². The zero-order chi connectivity index (χ0) is 27.0. The molecule has 35 heavy (non-hydrogen) atoms. The first-order valence-corrected chi connectivity index (χ1v) is 11.0. The van der Waals surface area contributed by atoms with Crippen LogP contribution in [0.5, 0.6) is 0 Å². The van der Waals surface area contributed by atoms with E-state index in [-0.39, 0.29) is 25.3 Å². The molecule has 0 heterocycles. The summed E-state index contributed by atoms with van der Waals surface area (Å²) in [6.07, 6.45) is 1.24. The Labute approximate surface area is 202 Å². The number of carboxylic acid groups (broad SMARTS) is 1. The van der Waals surface area contributed by atoms with Crippen LogP contribution >= 0.6 is 0 Å². The summed E-state index contributed by atoms with van der Waals surface area (Å²) in [6.45, 7) is -0.344. The quantitative estimate of drug-likeness (QED) is 0.0479. The van der Waals surface area contributed by atoms with Crippen LogP contribution in [0.2, 0.25) is 0 Å². The summed E-state index contributed by atoms with van der Waals surface area (Å²) in [5.41, 5.74) is 27.0. The summed E-state index contributed by atoms with van der Waals surface area (Å²) in [7, 11) is 0. The fourth-order valence-electron chi connectivity index (χ4n) is 2.83. The van der Waals surface area contributed by atoms with Crippen LogP contribution in [0.4, 0.5) is 0 Å². The first kappa shape index (κ1) is 31.5. The minimum Gasteiger partial charge on any atom is -0.480 e. The molecule has 0 rings (SSSR count). The van der Waals surface area contributed by atoms with Crippen molar-refractivity contribution in [2.75, 3.05) is 19.7 Å². The molecule has 0 aliphatic rings. The molecule has 0 aromatic heterocycles. The van der Waals surface area contributed by atoms with E-state index in [1.807, 2.05) is 5.32 Å². The average molecular weight is 504 g/mol. The third kappa shape index (κ3) is 13.7. The highest BCUT2D eigenvalue weighted by atomic mass is 16.4. The van der Waals surface area contributed by atoms with Gasteiger partial charge in [-0.25, -0.2) is 4.79 Å². The van der Waals surface area contributed by atoms with Gasteiger partial charge >= 0.3 is 5.97 Å². The maximum Gasteiger partial charge on any atom is 0.328 e. The number of carbonyl (C=O) groups is 5. The molecule has 0 radical (unpaired) electrons. The zero-order valence-corrected chi connectivity index (χ0v) is 19.4. The standard InChI is InChI=1S/C19H37N9O7/c20-6-2-1-4-10(21)15(31)26-11(5-3-7-25-19(23)24)16(32)27-12(8-14(22)30)17(33)28-13(9-29)18(34)35/h10-13,29H,1-9,20-21H2,(H2,22,30)(H,26,31)(H,27,32)(H,28,33)(H,34,35)(H4,23,24,25). The molecule has 0 bridgehead atoms. The summed E-state index contributed by atoms with van der Waals surface area (Å²) >= 11 is 0. The van der Waals surface area contributed by atoms with Crippen molar-refractivity contribution in [2.24, 2.45) is 33.7 Å². The van der Waals surface area contributed by atoms with Crippen LogP contribution in [0.25, 0.3) is 0 Å². The fraction of sp³-hybridized carbons (Fsp3) is 0.684. The van der Waals surface area contributed by atoms with Gasteiger partial charge in [-0.3, -0.25) is 24.2 Å². The molecule has 4 amide bonds. The van der Waals surface area contributed by atoms with Gasteiger partial charge in [0.25, 0.3) is 0 Å². The second kappa shape index (κ2) is 17.0. The number of aliphatic carboxylic acids is 1. The van der Waals surface area contributed by atoms with E-state index in [9.17, 15) is 24.0 Å². The average Bonchev–Trinajstić information content (AvgIpc) is 2.77. The van der Waals surface area contributed by atoms with Crippen molar-refractivity contribution in [1.29, 1.82) is 0 Å². The van der Waals surface area contributed by atoms with Crippen molar-refractivity contribution >= 4 is 35.6 Å². The smallest absolute Gasteiger partial charge is 0.328 e. The third-order valence-corrected chi connectivity index (χ3v) is 4.72. The highest BCUT2D eigenvalue weighted by Gasteiger charge is 2.30. The Morgan fingerprint density at radius 1 is 0.800 bits per heavy atom. The largest absolute Gasteiger partial charge is 0.480 e. The molecule has 0 aromatic carbocycles. The van der Waals surface area contributed by atoms with Crippen molar-refractivity contribution in [1.82, 2.24) is 16.0 Å². The Bertz CT molecular complexity index is 759. The van der Waals surface area contributed by atoms with Crippen LogP contribution in [0.15, 0.2) is 4.99 Å². The number of primary amides is 1. The van der Waals surface area contributed by atoms with E-state index in [2.05, 4.69) is 15.6 Å². The summed E-state index contributed by atoms with van der Waals surface area (Å²) in [5, 5.41) is 24.9. The van der Waals surface area contributed by atoms with E-state index in [1.54, 1.807) is 0 Å². The van der Waals surface area contributed by atoms with Crippen LogP contribution in [-0.4, -0.2) is 89.6 Å². The highest BCUT2D eigenvalue weighted by molar-refractivity contribution is 5.96. The van der Waals surface area contributed by atoms with Gasteiger partial charge in [0.1, 0.15) is 18.1 Å². The summed E-state index contributed by atoms with van der Waals surface area (Å²) in [4.78, 5) is 64.1. The maximum absolute atomic E-state index is 12.9. The molecule has 0 spiro atoms. The van der Waals surface area contributed by atoms with E-state index in [4.69, 9.17) is 38.9 Å². The molecule has 0 saturated heterocycles. The number of aliphatic hydroxyl groups excluding tert-OH is 1. The second-order valence-electron chi connectivity index (χ2n) is 7.71. The second-order valence-corrected chi connectivity index (χ2v) is 7.71. The summed E-state index contributed by atoms with van der Waals surface area (Å²) < 4.78 is 0. The van der Waals surface area contributed by atoms with Crippen molar-refractivity contribution in [3.8, 4) is 0 Å². The van der Waals surface area contributed by atoms with Gasteiger partial charge < -0.3 is 54.8 Å². The molecule has 15 N–H and O–H groups in total. The predicted octanol–water partition coefficient (Wildman–Crippen LogP) is -5.10. The number of hydrogen-bond donors (Lipinski definition) is 10. The highest BCUT2D eigenvalue weighted by Crippen LogP contribution is 2.04. The zero-order valence-electron chi connectivity index (χ0n) is 19.4. The fourth-order valence-corrected chi connectivity index (χ4v) is 2.83. The molecule has 4 unspecified atom stereocenters. The topological polar surface area (TPSA) is 304 Å². The van der Waals surface area contributed by atoms with Crippen molar-refractivity contribution in [3.63, 3.8) is 0 Å². The number of nitrogens with one attached hydrogen (secondary N) is 3. The number of nitrogens with two attached hydrogens (primary N) is 5.